The lowest BCUT2D eigenvalue weighted by Crippen LogP contribution is -2.49. The normalized spacial score (nSPS) is 26.1. The van der Waals surface area contributed by atoms with Crippen molar-refractivity contribution in [2.45, 2.75) is 114 Å². The first-order valence-electron chi connectivity index (χ1n) is 20.9. The van der Waals surface area contributed by atoms with E-state index in [1.165, 1.54) is 28.4 Å². The van der Waals surface area contributed by atoms with Crippen molar-refractivity contribution in [2.24, 2.45) is 11.3 Å². The van der Waals surface area contributed by atoms with E-state index in [1.807, 2.05) is 41.8 Å². The highest BCUT2D eigenvalue weighted by atomic mass is 32.2. The number of benzene rings is 2. The number of carbonyl (C=O) groups is 3. The van der Waals surface area contributed by atoms with Gasteiger partial charge >= 0.3 is 0 Å². The number of hydrogen-bond acceptors (Lipinski definition) is 11. The Morgan fingerprint density at radius 2 is 1.88 bits per heavy atom. The molecule has 4 heterocycles. The number of thiazole rings is 1. The van der Waals surface area contributed by atoms with Gasteiger partial charge in [0.05, 0.1) is 35.6 Å². The largest absolute Gasteiger partial charge is 0.497 e. The van der Waals surface area contributed by atoms with Crippen LogP contribution in [0.3, 0.4) is 0 Å². The van der Waals surface area contributed by atoms with Crippen LogP contribution in [-0.4, -0.2) is 77.5 Å². The van der Waals surface area contributed by atoms with Crippen LogP contribution < -0.4 is 19.5 Å². The number of fused-ring (bicyclic) bond motifs is 3. The third kappa shape index (κ3) is 8.52. The summed E-state index contributed by atoms with van der Waals surface area (Å²) < 4.78 is 54.6. The number of ether oxygens (including phenoxy) is 2. The summed E-state index contributed by atoms with van der Waals surface area (Å²) >= 11 is 1.49. The lowest BCUT2D eigenvalue weighted by atomic mass is 9.91. The maximum Gasteiger partial charge on any atom is 0.245 e. The molecule has 2 aromatic carbocycles. The fourth-order valence-corrected chi connectivity index (χ4v) is 10.7. The van der Waals surface area contributed by atoms with Gasteiger partial charge in [-0.15, -0.1) is 11.3 Å². The van der Waals surface area contributed by atoms with Gasteiger partial charge in [0.1, 0.15) is 34.4 Å². The van der Waals surface area contributed by atoms with E-state index >= 15 is 0 Å². The van der Waals surface area contributed by atoms with Crippen LogP contribution in [0.1, 0.15) is 96.6 Å². The fraction of sp³-hybridized carbons (Fsp3) is 0.489. The van der Waals surface area contributed by atoms with Crippen LogP contribution in [0.15, 0.2) is 66.1 Å². The number of pyridine rings is 1. The van der Waals surface area contributed by atoms with E-state index in [1.54, 1.807) is 26.2 Å². The van der Waals surface area contributed by atoms with Gasteiger partial charge in [-0.2, -0.15) is 0 Å². The molecule has 15 heteroatoms. The van der Waals surface area contributed by atoms with Crippen molar-refractivity contribution >= 4 is 55.4 Å². The fourth-order valence-electron chi connectivity index (χ4n) is 8.42. The predicted octanol–water partition coefficient (Wildman–Crippen LogP) is 7.94. The van der Waals surface area contributed by atoms with Crippen molar-refractivity contribution < 1.29 is 36.7 Å². The van der Waals surface area contributed by atoms with Gasteiger partial charge in [-0.1, -0.05) is 44.9 Å². The van der Waals surface area contributed by atoms with Crippen LogP contribution in [0, 0.1) is 17.2 Å². The number of hydrogen-bond donors (Lipinski definition) is 2. The molecule has 4 aliphatic rings. The number of nitrogens with one attached hydrogen (secondary N) is 2. The Kier molecular flexibility index (Phi) is 11.5. The number of halogens is 1. The average Bonchev–Trinajstić information content (AvgIpc) is 3.99. The summed E-state index contributed by atoms with van der Waals surface area (Å²) in [5.74, 6) is -0.954. The van der Waals surface area contributed by atoms with Gasteiger partial charge < -0.3 is 19.7 Å². The Morgan fingerprint density at radius 3 is 2.62 bits per heavy atom. The standard InChI is InChI=1S/C45H52FN5O7S2/c1-27(2)37-26-59-41(49-37)36-20-28-19-32(57-4)15-16-34(28)40(48-36)58-33-22-38-39(52)24-45(43(54)50-60(55,56)44(3)17-18-44)23-29(45)11-8-6-5-7-9-14-35(42(53)51(38)25-33)47-31-13-10-12-30(46)21-31/h8,10-13,15-16,19-21,26-27,29,33,35,38,47H,5-7,9,14,17-18,22-25H2,1-4H3,(H,50,54)/b11-8-/t29-,33-,35+,38+,45-/m1/s1. The van der Waals surface area contributed by atoms with Gasteiger partial charge in [0.25, 0.3) is 0 Å². The lowest BCUT2D eigenvalue weighted by molar-refractivity contribution is -0.139. The number of anilines is 1. The molecular weight excluding hydrogens is 806 g/mol. The third-order valence-electron chi connectivity index (χ3n) is 12.6. The highest BCUT2D eigenvalue weighted by Gasteiger charge is 2.62. The van der Waals surface area contributed by atoms with E-state index in [-0.39, 0.29) is 42.9 Å². The van der Waals surface area contributed by atoms with Crippen LogP contribution in [0.5, 0.6) is 11.6 Å². The van der Waals surface area contributed by atoms with Crippen molar-refractivity contribution in [3.8, 4) is 22.3 Å². The van der Waals surface area contributed by atoms with Gasteiger partial charge in [0, 0.05) is 29.3 Å². The molecule has 0 radical (unpaired) electrons. The smallest absolute Gasteiger partial charge is 0.245 e. The third-order valence-corrected chi connectivity index (χ3v) is 15.7. The molecule has 2 saturated carbocycles. The molecule has 1 saturated heterocycles. The number of methoxy groups -OCH3 is 1. The Bertz CT molecular complexity index is 2450. The number of amides is 2. The number of sulfonamides is 1. The van der Waals surface area contributed by atoms with Crippen molar-refractivity contribution in [3.05, 3.63) is 77.6 Å². The average molecular weight is 858 g/mol. The topological polar surface area (TPSA) is 157 Å². The zero-order valence-electron chi connectivity index (χ0n) is 34.4. The number of aromatic nitrogens is 2. The van der Waals surface area contributed by atoms with Gasteiger partial charge in [-0.3, -0.25) is 19.1 Å². The molecule has 8 rings (SSSR count). The van der Waals surface area contributed by atoms with Crippen molar-refractivity contribution in [1.29, 1.82) is 0 Å². The maximum atomic E-state index is 14.8. The van der Waals surface area contributed by atoms with Gasteiger partial charge in [-0.25, -0.2) is 22.8 Å². The molecule has 2 aliphatic heterocycles. The first-order chi connectivity index (χ1) is 28.7. The second-order valence-corrected chi connectivity index (χ2v) is 20.4. The van der Waals surface area contributed by atoms with Crippen LogP contribution in [0.4, 0.5) is 10.1 Å². The summed E-state index contributed by atoms with van der Waals surface area (Å²) in [7, 11) is -2.36. The number of allylic oxidation sites excluding steroid dienone is 2. The number of nitrogens with zero attached hydrogens (tertiary/aromatic N) is 3. The summed E-state index contributed by atoms with van der Waals surface area (Å²) in [6.45, 7) is 5.82. The predicted molar refractivity (Wildman–Crippen MR) is 229 cm³/mol. The Balaban J connectivity index is 1.14. The highest BCUT2D eigenvalue weighted by Crippen LogP contribution is 2.57. The summed E-state index contributed by atoms with van der Waals surface area (Å²) in [5.41, 5.74) is 0.727. The molecule has 318 valence electrons. The van der Waals surface area contributed by atoms with Crippen molar-refractivity contribution in [2.75, 3.05) is 19.0 Å². The van der Waals surface area contributed by atoms with Gasteiger partial charge in [0.15, 0.2) is 5.78 Å². The molecule has 5 atom stereocenters. The van der Waals surface area contributed by atoms with Gasteiger partial charge in [0.2, 0.25) is 27.7 Å². The first kappa shape index (κ1) is 41.8. The van der Waals surface area contributed by atoms with E-state index < -0.39 is 50.1 Å². The monoisotopic (exact) mass is 857 g/mol. The molecule has 0 unspecified atom stereocenters. The zero-order valence-corrected chi connectivity index (χ0v) is 36.0. The lowest BCUT2D eigenvalue weighted by Gasteiger charge is -2.30. The van der Waals surface area contributed by atoms with Crippen LogP contribution >= 0.6 is 11.3 Å². The Labute approximate surface area is 354 Å². The van der Waals surface area contributed by atoms with Crippen molar-refractivity contribution in [1.82, 2.24) is 19.6 Å². The van der Waals surface area contributed by atoms with E-state index in [0.29, 0.717) is 60.5 Å². The minimum Gasteiger partial charge on any atom is -0.497 e. The second kappa shape index (κ2) is 16.5. The van der Waals surface area contributed by atoms with E-state index in [2.05, 4.69) is 23.9 Å². The summed E-state index contributed by atoms with van der Waals surface area (Å²) in [6, 6.07) is 11.7. The maximum absolute atomic E-state index is 14.8. The minimum atomic E-state index is -3.96. The Morgan fingerprint density at radius 1 is 1.07 bits per heavy atom. The molecule has 2 aliphatic carbocycles. The molecule has 60 heavy (non-hydrogen) atoms. The number of ketones is 1. The van der Waals surface area contributed by atoms with Crippen LogP contribution in [-0.2, 0) is 24.4 Å². The number of carbonyl (C=O) groups excluding carboxylic acids is 3. The quantitative estimate of drug-likeness (QED) is 0.150. The molecule has 2 amide bonds. The van der Waals surface area contributed by atoms with Crippen molar-refractivity contribution in [3.63, 3.8) is 0 Å². The summed E-state index contributed by atoms with van der Waals surface area (Å²) in [6.07, 6.45) is 7.91. The van der Waals surface area contributed by atoms with E-state index in [9.17, 15) is 27.2 Å². The second-order valence-electron chi connectivity index (χ2n) is 17.4. The molecule has 2 N–H and O–H groups in total. The Hall–Kier alpha value is -4.89. The van der Waals surface area contributed by atoms with E-state index in [0.717, 1.165) is 35.4 Å². The highest BCUT2D eigenvalue weighted by molar-refractivity contribution is 7.91. The molecule has 0 spiro atoms. The van der Waals surface area contributed by atoms with Crippen LogP contribution in [0.25, 0.3) is 21.5 Å². The summed E-state index contributed by atoms with van der Waals surface area (Å²) in [4.78, 5) is 55.0. The minimum absolute atomic E-state index is 0.0458. The molecule has 4 aromatic rings. The molecule has 0 bridgehead atoms. The zero-order chi connectivity index (χ0) is 42.4. The SMILES string of the molecule is COc1ccc2c(O[C@@H]3C[C@H]4C(=O)C[C@]5(C(=O)NS(=O)(=O)C6(C)CC6)C[C@H]5/C=C\CCCCC[C@H](Nc5cccc(F)c5)C(=O)N4C3)nc(-c3nc(C(C)C)cs3)cc2c1. The van der Waals surface area contributed by atoms with Gasteiger partial charge in [-0.05, 0) is 105 Å². The molecule has 12 nitrogen and oxygen atoms in total. The summed E-state index contributed by atoms with van der Waals surface area (Å²) in [5, 5.41) is 7.51. The molecule has 3 fully saturated rings. The van der Waals surface area contributed by atoms with E-state index in [4.69, 9.17) is 19.4 Å². The number of rotatable bonds is 10. The first-order valence-corrected chi connectivity index (χ1v) is 23.2. The number of Topliss-reactive ketones (excluding diaryl/α,β-unsaturated/α-hetero) is 1. The van der Waals surface area contributed by atoms with Crippen LogP contribution in [0.2, 0.25) is 0 Å². The molecule has 2 aromatic heterocycles. The molecular formula is C45H52FN5O7S2.